The van der Waals surface area contributed by atoms with Crippen LogP contribution in [0.1, 0.15) is 11.3 Å². The Morgan fingerprint density at radius 2 is 2.11 bits per heavy atom. The fourth-order valence-electron chi connectivity index (χ4n) is 1.76. The quantitative estimate of drug-likeness (QED) is 0.643. The molecule has 2 N–H and O–H groups in total. The Hall–Kier alpha value is -1.31. The molecule has 7 heteroatoms. The van der Waals surface area contributed by atoms with Gasteiger partial charge >= 0.3 is 7.12 Å². The zero-order valence-corrected chi connectivity index (χ0v) is 11.5. The lowest BCUT2D eigenvalue weighted by atomic mass is 9.79. The van der Waals surface area contributed by atoms with Crippen molar-refractivity contribution in [3.63, 3.8) is 0 Å². The lowest BCUT2D eigenvalue weighted by Crippen LogP contribution is -2.33. The predicted octanol–water partition coefficient (Wildman–Crippen LogP) is 0.840. The zero-order valence-electron chi connectivity index (χ0n) is 10.7. The van der Waals surface area contributed by atoms with E-state index >= 15 is 0 Å². The summed E-state index contributed by atoms with van der Waals surface area (Å²) in [4.78, 5) is 0. The minimum Gasteiger partial charge on any atom is -0.423 e. The molecule has 0 bridgehead atoms. The van der Waals surface area contributed by atoms with Crippen LogP contribution in [-0.4, -0.2) is 26.9 Å². The Bertz CT molecular complexity index is 589. The highest BCUT2D eigenvalue weighted by atomic mass is 32.2. The van der Waals surface area contributed by atoms with Gasteiger partial charge in [-0.05, 0) is 24.6 Å². The van der Waals surface area contributed by atoms with Gasteiger partial charge in [0.2, 0.25) is 0 Å². The van der Waals surface area contributed by atoms with Gasteiger partial charge in [-0.2, -0.15) is 5.10 Å². The molecule has 1 heterocycles. The minimum atomic E-state index is -1.79. The minimum absolute atomic E-state index is 0.0979. The molecule has 1 aromatic heterocycles. The van der Waals surface area contributed by atoms with Crippen LogP contribution in [0.15, 0.2) is 29.3 Å². The topological polar surface area (TPSA) is 58.3 Å². The first-order chi connectivity index (χ1) is 8.97. The first kappa shape index (κ1) is 14.1. The molecule has 19 heavy (non-hydrogen) atoms. The molecule has 0 amide bonds. The Morgan fingerprint density at radius 3 is 2.68 bits per heavy atom. The summed E-state index contributed by atoms with van der Waals surface area (Å²) in [5.41, 5.74) is 1.67. The molecule has 0 unspecified atom stereocenters. The third-order valence-corrected chi connectivity index (χ3v) is 3.84. The monoisotopic (exact) mass is 280 g/mol. The fourth-order valence-corrected chi connectivity index (χ4v) is 2.74. The molecule has 0 aliphatic heterocycles. The van der Waals surface area contributed by atoms with Crippen molar-refractivity contribution in [2.24, 2.45) is 7.05 Å². The average molecular weight is 280 g/mol. The van der Waals surface area contributed by atoms with Crippen LogP contribution in [0.4, 0.5) is 4.39 Å². The first-order valence-electron chi connectivity index (χ1n) is 5.75. The number of nitrogens with zero attached hydrogens (tertiary/aromatic N) is 2. The van der Waals surface area contributed by atoms with E-state index in [1.54, 1.807) is 22.5 Å². The van der Waals surface area contributed by atoms with Gasteiger partial charge in [0.1, 0.15) is 5.82 Å². The summed E-state index contributed by atoms with van der Waals surface area (Å²) in [7, 11) is 0.0759. The van der Waals surface area contributed by atoms with Crippen LogP contribution in [0.2, 0.25) is 0 Å². The molecular formula is C12H14BFN2O2S. The Morgan fingerprint density at radius 1 is 1.37 bits per heavy atom. The van der Waals surface area contributed by atoms with E-state index in [0.717, 1.165) is 16.3 Å². The summed E-state index contributed by atoms with van der Waals surface area (Å²) in [6.07, 6.45) is 0. The highest BCUT2D eigenvalue weighted by Crippen LogP contribution is 2.22. The van der Waals surface area contributed by atoms with E-state index in [1.807, 2.05) is 20.0 Å². The Labute approximate surface area is 115 Å². The van der Waals surface area contributed by atoms with Crippen molar-refractivity contribution in [2.75, 3.05) is 0 Å². The van der Waals surface area contributed by atoms with Crippen molar-refractivity contribution in [1.29, 1.82) is 0 Å². The van der Waals surface area contributed by atoms with Gasteiger partial charge < -0.3 is 10.0 Å². The van der Waals surface area contributed by atoms with Gasteiger partial charge in [-0.25, -0.2) is 4.39 Å². The molecule has 0 radical (unpaired) electrons. The van der Waals surface area contributed by atoms with Gasteiger partial charge in [-0.1, -0.05) is 12.1 Å². The van der Waals surface area contributed by atoms with Gasteiger partial charge in [0.15, 0.2) is 0 Å². The molecule has 2 rings (SSSR count). The normalized spacial score (nSPS) is 10.8. The molecule has 0 atom stereocenters. The van der Waals surface area contributed by atoms with E-state index < -0.39 is 12.9 Å². The maximum atomic E-state index is 13.3. The Kier molecular flexibility index (Phi) is 4.29. The SMILES string of the molecule is Cc1cc(SCc2ccc(F)c(B(O)O)c2)n(C)n1. The summed E-state index contributed by atoms with van der Waals surface area (Å²) >= 11 is 1.56. The average Bonchev–Trinajstić information content (AvgIpc) is 2.66. The van der Waals surface area contributed by atoms with Crippen LogP contribution in [0.25, 0.3) is 0 Å². The molecule has 1 aromatic carbocycles. The van der Waals surface area contributed by atoms with Crippen molar-refractivity contribution in [1.82, 2.24) is 9.78 Å². The van der Waals surface area contributed by atoms with Gasteiger partial charge in [0.25, 0.3) is 0 Å². The van der Waals surface area contributed by atoms with Crippen LogP contribution >= 0.6 is 11.8 Å². The highest BCUT2D eigenvalue weighted by Gasteiger charge is 2.16. The maximum absolute atomic E-state index is 13.3. The number of rotatable bonds is 4. The van der Waals surface area contributed by atoms with Gasteiger partial charge in [0, 0.05) is 18.3 Å². The van der Waals surface area contributed by atoms with E-state index in [1.165, 1.54) is 12.1 Å². The largest absolute Gasteiger partial charge is 0.491 e. The van der Waals surface area contributed by atoms with Crippen molar-refractivity contribution in [3.8, 4) is 0 Å². The summed E-state index contributed by atoms with van der Waals surface area (Å²) < 4.78 is 15.1. The van der Waals surface area contributed by atoms with Gasteiger partial charge in [-0.3, -0.25) is 4.68 Å². The molecule has 4 nitrogen and oxygen atoms in total. The second-order valence-corrected chi connectivity index (χ2v) is 5.26. The molecule has 100 valence electrons. The summed E-state index contributed by atoms with van der Waals surface area (Å²) in [6, 6.07) is 6.32. The number of hydrogen-bond acceptors (Lipinski definition) is 4. The first-order valence-corrected chi connectivity index (χ1v) is 6.74. The smallest absolute Gasteiger partial charge is 0.423 e. The lowest BCUT2D eigenvalue weighted by molar-refractivity contribution is 0.423. The van der Waals surface area contributed by atoms with Crippen molar-refractivity contribution in [3.05, 3.63) is 41.3 Å². The van der Waals surface area contributed by atoms with E-state index in [9.17, 15) is 4.39 Å². The van der Waals surface area contributed by atoms with Crippen LogP contribution in [0, 0.1) is 12.7 Å². The lowest BCUT2D eigenvalue weighted by Gasteiger charge is -2.06. The number of aromatic nitrogens is 2. The number of thioether (sulfide) groups is 1. The van der Waals surface area contributed by atoms with Gasteiger partial charge in [0.05, 0.1) is 10.7 Å². The number of benzene rings is 1. The zero-order chi connectivity index (χ0) is 14.0. The predicted molar refractivity (Wildman–Crippen MR) is 73.7 cm³/mol. The molecule has 0 saturated heterocycles. The molecule has 0 fully saturated rings. The second-order valence-electron chi connectivity index (χ2n) is 4.27. The molecule has 0 saturated carbocycles. The van der Waals surface area contributed by atoms with Crippen LogP contribution in [-0.2, 0) is 12.8 Å². The third-order valence-electron chi connectivity index (χ3n) is 2.68. The molecule has 0 spiro atoms. The molecule has 0 aliphatic carbocycles. The number of halogens is 1. The van der Waals surface area contributed by atoms with Crippen LogP contribution in [0.3, 0.4) is 0 Å². The number of aryl methyl sites for hydroxylation is 2. The second kappa shape index (κ2) is 5.77. The highest BCUT2D eigenvalue weighted by molar-refractivity contribution is 7.98. The van der Waals surface area contributed by atoms with Crippen LogP contribution < -0.4 is 5.46 Å². The van der Waals surface area contributed by atoms with E-state index in [-0.39, 0.29) is 5.46 Å². The van der Waals surface area contributed by atoms with E-state index in [2.05, 4.69) is 5.10 Å². The standard InChI is InChI=1S/C12H14BFN2O2S/c1-8-5-12(16(2)15-8)19-7-9-3-4-11(14)10(6-9)13(17)18/h3-6,17-18H,7H2,1-2H3. The van der Waals surface area contributed by atoms with Crippen molar-refractivity contribution < 1.29 is 14.4 Å². The number of hydrogen-bond donors (Lipinski definition) is 2. The van der Waals surface area contributed by atoms with Gasteiger partial charge in [-0.15, -0.1) is 11.8 Å². The van der Waals surface area contributed by atoms with Crippen LogP contribution in [0.5, 0.6) is 0 Å². The fraction of sp³-hybridized carbons (Fsp3) is 0.250. The van der Waals surface area contributed by atoms with E-state index in [0.29, 0.717) is 5.75 Å². The van der Waals surface area contributed by atoms with Crippen molar-refractivity contribution in [2.45, 2.75) is 17.7 Å². The van der Waals surface area contributed by atoms with Crippen molar-refractivity contribution >= 4 is 24.3 Å². The Balaban J connectivity index is 2.12. The summed E-state index contributed by atoms with van der Waals surface area (Å²) in [6.45, 7) is 1.92. The molecule has 0 aliphatic rings. The third kappa shape index (κ3) is 3.37. The maximum Gasteiger partial charge on any atom is 0.491 e. The molecule has 2 aromatic rings. The molecular weight excluding hydrogens is 266 g/mol. The van der Waals surface area contributed by atoms with E-state index in [4.69, 9.17) is 10.0 Å². The summed E-state index contributed by atoms with van der Waals surface area (Å²) in [5, 5.41) is 23.4. The summed E-state index contributed by atoms with van der Waals surface area (Å²) in [5.74, 6) is -0.000900.